The smallest absolute Gasteiger partial charge is 0.119 e. The fraction of sp³-hybridized carbons (Fsp3) is 0.333. The second-order valence-corrected chi connectivity index (χ2v) is 5.20. The summed E-state index contributed by atoms with van der Waals surface area (Å²) in [5, 5.41) is 5.53. The van der Waals surface area contributed by atoms with Crippen molar-refractivity contribution in [2.75, 3.05) is 20.3 Å². The maximum atomic E-state index is 5.52. The first kappa shape index (κ1) is 14.1. The zero-order valence-electron chi connectivity index (χ0n) is 11.1. The van der Waals surface area contributed by atoms with Gasteiger partial charge in [0.25, 0.3) is 0 Å². The van der Waals surface area contributed by atoms with Gasteiger partial charge < -0.3 is 14.8 Å². The Hall–Kier alpha value is -1.36. The van der Waals surface area contributed by atoms with E-state index in [1.807, 2.05) is 12.1 Å². The van der Waals surface area contributed by atoms with Crippen LogP contribution in [0.1, 0.15) is 10.4 Å². The van der Waals surface area contributed by atoms with Gasteiger partial charge in [0.15, 0.2) is 0 Å². The summed E-state index contributed by atoms with van der Waals surface area (Å²) in [5.74, 6) is 0.888. The third-order valence-electron chi connectivity index (χ3n) is 2.69. The van der Waals surface area contributed by atoms with Gasteiger partial charge in [0.05, 0.1) is 6.61 Å². The van der Waals surface area contributed by atoms with Crippen LogP contribution >= 0.6 is 11.3 Å². The number of thiophene rings is 1. The Bertz CT molecular complexity index is 454. The second-order valence-electron chi connectivity index (χ2n) is 4.17. The molecule has 0 atom stereocenters. The van der Waals surface area contributed by atoms with E-state index in [9.17, 15) is 0 Å². The number of ether oxygens (including phenoxy) is 2. The van der Waals surface area contributed by atoms with Crippen molar-refractivity contribution in [3.8, 4) is 5.75 Å². The molecule has 0 radical (unpaired) electrons. The average molecular weight is 277 g/mol. The van der Waals surface area contributed by atoms with E-state index in [1.165, 1.54) is 10.4 Å². The lowest BCUT2D eigenvalue weighted by atomic mass is 10.2. The minimum absolute atomic E-state index is 0.590. The summed E-state index contributed by atoms with van der Waals surface area (Å²) in [4.78, 5) is 1.36. The van der Waals surface area contributed by atoms with Crippen LogP contribution in [0.15, 0.2) is 41.8 Å². The Morgan fingerprint density at radius 1 is 1.05 bits per heavy atom. The van der Waals surface area contributed by atoms with E-state index < -0.39 is 0 Å². The van der Waals surface area contributed by atoms with Gasteiger partial charge in [-0.3, -0.25) is 0 Å². The Balaban J connectivity index is 1.72. The zero-order valence-corrected chi connectivity index (χ0v) is 11.9. The zero-order chi connectivity index (χ0) is 13.3. The Labute approximate surface area is 118 Å². The van der Waals surface area contributed by atoms with E-state index in [1.54, 1.807) is 18.4 Å². The highest BCUT2D eigenvalue weighted by Crippen LogP contribution is 2.12. The van der Waals surface area contributed by atoms with Gasteiger partial charge in [-0.05, 0) is 29.1 Å². The molecule has 0 aliphatic carbocycles. The Kier molecular flexibility index (Phi) is 5.88. The summed E-state index contributed by atoms with van der Waals surface area (Å²) in [6, 6.07) is 12.4. The maximum absolute atomic E-state index is 5.52. The van der Waals surface area contributed by atoms with Crippen molar-refractivity contribution in [2.24, 2.45) is 0 Å². The molecule has 0 aliphatic heterocycles. The lowest BCUT2D eigenvalue weighted by Gasteiger charge is -2.07. The molecule has 0 amide bonds. The van der Waals surface area contributed by atoms with Gasteiger partial charge >= 0.3 is 0 Å². The van der Waals surface area contributed by atoms with Crippen molar-refractivity contribution in [1.82, 2.24) is 5.32 Å². The topological polar surface area (TPSA) is 30.5 Å². The van der Waals surface area contributed by atoms with Crippen LogP contribution in [0.3, 0.4) is 0 Å². The van der Waals surface area contributed by atoms with Crippen LogP contribution in [-0.4, -0.2) is 20.3 Å². The van der Waals surface area contributed by atoms with E-state index in [2.05, 4.69) is 35.0 Å². The molecule has 1 N–H and O–H groups in total. The monoisotopic (exact) mass is 277 g/mol. The lowest BCUT2D eigenvalue weighted by molar-refractivity contribution is 0.146. The van der Waals surface area contributed by atoms with Gasteiger partial charge in [0.1, 0.15) is 12.4 Å². The normalized spacial score (nSPS) is 10.6. The lowest BCUT2D eigenvalue weighted by Crippen LogP contribution is -2.11. The highest BCUT2D eigenvalue weighted by molar-refractivity contribution is 7.09. The van der Waals surface area contributed by atoms with Crippen LogP contribution in [0.5, 0.6) is 5.75 Å². The molecule has 2 rings (SSSR count). The number of hydrogen-bond acceptors (Lipinski definition) is 4. The summed E-state index contributed by atoms with van der Waals surface area (Å²) in [7, 11) is 1.67. The SMILES string of the molecule is COCCOc1ccc(CNCc2cccs2)cc1. The van der Waals surface area contributed by atoms with Crippen LogP contribution < -0.4 is 10.1 Å². The largest absolute Gasteiger partial charge is 0.491 e. The van der Waals surface area contributed by atoms with Crippen LogP contribution in [0, 0.1) is 0 Å². The number of benzene rings is 1. The second kappa shape index (κ2) is 7.94. The number of hydrogen-bond donors (Lipinski definition) is 1. The van der Waals surface area contributed by atoms with Crippen molar-refractivity contribution in [3.05, 3.63) is 52.2 Å². The fourth-order valence-electron chi connectivity index (χ4n) is 1.69. The highest BCUT2D eigenvalue weighted by Gasteiger charge is 1.97. The molecule has 19 heavy (non-hydrogen) atoms. The van der Waals surface area contributed by atoms with E-state index >= 15 is 0 Å². The van der Waals surface area contributed by atoms with Crippen molar-refractivity contribution in [1.29, 1.82) is 0 Å². The van der Waals surface area contributed by atoms with Crippen LogP contribution in [-0.2, 0) is 17.8 Å². The van der Waals surface area contributed by atoms with E-state index in [-0.39, 0.29) is 0 Å². The van der Waals surface area contributed by atoms with Crippen LogP contribution in [0.25, 0.3) is 0 Å². The van der Waals surface area contributed by atoms with Gasteiger partial charge in [0, 0.05) is 25.1 Å². The quantitative estimate of drug-likeness (QED) is 0.752. The predicted octanol–water partition coefficient (Wildman–Crippen LogP) is 3.06. The molecule has 0 fully saturated rings. The molecule has 2 aromatic rings. The minimum Gasteiger partial charge on any atom is -0.491 e. The fourth-order valence-corrected chi connectivity index (χ4v) is 2.36. The average Bonchev–Trinajstić information content (AvgIpc) is 2.94. The highest BCUT2D eigenvalue weighted by atomic mass is 32.1. The summed E-state index contributed by atoms with van der Waals surface area (Å²) in [5.41, 5.74) is 1.26. The molecule has 0 aliphatic rings. The summed E-state index contributed by atoms with van der Waals surface area (Å²) >= 11 is 1.78. The van der Waals surface area contributed by atoms with Crippen molar-refractivity contribution in [3.63, 3.8) is 0 Å². The third kappa shape index (κ3) is 5.03. The molecule has 0 saturated heterocycles. The Morgan fingerprint density at radius 2 is 1.89 bits per heavy atom. The molecular weight excluding hydrogens is 258 g/mol. The summed E-state index contributed by atoms with van der Waals surface area (Å²) in [6.07, 6.45) is 0. The number of methoxy groups -OCH3 is 1. The molecule has 0 unspecified atom stereocenters. The van der Waals surface area contributed by atoms with Crippen molar-refractivity contribution < 1.29 is 9.47 Å². The van der Waals surface area contributed by atoms with E-state index in [0.29, 0.717) is 13.2 Å². The first-order valence-corrected chi connectivity index (χ1v) is 7.20. The standard InChI is InChI=1S/C15H19NO2S/c1-17-8-9-18-14-6-4-13(5-7-14)11-16-12-15-3-2-10-19-15/h2-7,10,16H,8-9,11-12H2,1H3. The molecule has 0 saturated carbocycles. The van der Waals surface area contributed by atoms with Crippen LogP contribution in [0.2, 0.25) is 0 Å². The van der Waals surface area contributed by atoms with Gasteiger partial charge in [-0.25, -0.2) is 0 Å². The molecule has 0 bridgehead atoms. The van der Waals surface area contributed by atoms with Crippen molar-refractivity contribution >= 4 is 11.3 Å². The van der Waals surface area contributed by atoms with Gasteiger partial charge in [-0.15, -0.1) is 11.3 Å². The van der Waals surface area contributed by atoms with Gasteiger partial charge in [0.2, 0.25) is 0 Å². The summed E-state index contributed by atoms with van der Waals surface area (Å²) in [6.45, 7) is 3.00. The molecule has 4 heteroatoms. The first-order valence-electron chi connectivity index (χ1n) is 6.32. The van der Waals surface area contributed by atoms with Crippen molar-refractivity contribution in [2.45, 2.75) is 13.1 Å². The third-order valence-corrected chi connectivity index (χ3v) is 3.56. The minimum atomic E-state index is 0.590. The molecule has 1 aromatic heterocycles. The van der Waals surface area contributed by atoms with E-state index in [0.717, 1.165) is 18.8 Å². The maximum Gasteiger partial charge on any atom is 0.119 e. The molecular formula is C15H19NO2S. The van der Waals surface area contributed by atoms with Crippen LogP contribution in [0.4, 0.5) is 0 Å². The first-order chi connectivity index (χ1) is 9.38. The predicted molar refractivity (Wildman–Crippen MR) is 78.7 cm³/mol. The van der Waals surface area contributed by atoms with Gasteiger partial charge in [-0.1, -0.05) is 18.2 Å². The molecule has 102 valence electrons. The number of nitrogens with one attached hydrogen (secondary N) is 1. The van der Waals surface area contributed by atoms with Gasteiger partial charge in [-0.2, -0.15) is 0 Å². The molecule has 3 nitrogen and oxygen atoms in total. The summed E-state index contributed by atoms with van der Waals surface area (Å²) < 4.78 is 10.5. The molecule has 1 heterocycles. The number of rotatable bonds is 8. The Morgan fingerprint density at radius 3 is 2.58 bits per heavy atom. The molecule has 1 aromatic carbocycles. The molecule has 0 spiro atoms. The van der Waals surface area contributed by atoms with E-state index in [4.69, 9.17) is 9.47 Å².